The van der Waals surface area contributed by atoms with Crippen molar-refractivity contribution in [3.05, 3.63) is 11.6 Å². The van der Waals surface area contributed by atoms with Crippen LogP contribution < -0.4 is 0 Å². The standard InChI is InChI=1S/C11H20N4O/c1-4-5-11(16)7-15(8-11)6-10-13-12-9(2)14(10)3/h16H,4-8H2,1-3H3. The number of hydrogen-bond acceptors (Lipinski definition) is 4. The summed E-state index contributed by atoms with van der Waals surface area (Å²) in [6, 6.07) is 0. The third-order valence-electron chi connectivity index (χ3n) is 3.30. The molecule has 5 nitrogen and oxygen atoms in total. The largest absolute Gasteiger partial charge is 0.387 e. The minimum absolute atomic E-state index is 0.456. The number of aromatic nitrogens is 3. The second-order valence-corrected chi connectivity index (χ2v) is 4.84. The van der Waals surface area contributed by atoms with Gasteiger partial charge in [-0.25, -0.2) is 0 Å². The summed E-state index contributed by atoms with van der Waals surface area (Å²) in [4.78, 5) is 2.21. The summed E-state index contributed by atoms with van der Waals surface area (Å²) >= 11 is 0. The van der Waals surface area contributed by atoms with E-state index >= 15 is 0 Å². The molecule has 1 aromatic heterocycles. The molecule has 1 aromatic rings. The van der Waals surface area contributed by atoms with E-state index < -0.39 is 5.60 Å². The molecule has 0 unspecified atom stereocenters. The highest BCUT2D eigenvalue weighted by Crippen LogP contribution is 2.26. The lowest BCUT2D eigenvalue weighted by molar-refractivity contribution is -0.107. The van der Waals surface area contributed by atoms with E-state index in [1.54, 1.807) is 0 Å². The van der Waals surface area contributed by atoms with Gasteiger partial charge in [-0.05, 0) is 13.3 Å². The van der Waals surface area contributed by atoms with Crippen LogP contribution in [0.5, 0.6) is 0 Å². The molecule has 90 valence electrons. The fourth-order valence-corrected chi connectivity index (χ4v) is 2.31. The van der Waals surface area contributed by atoms with Gasteiger partial charge in [-0.1, -0.05) is 13.3 Å². The van der Waals surface area contributed by atoms with Gasteiger partial charge in [0.2, 0.25) is 0 Å². The van der Waals surface area contributed by atoms with E-state index in [4.69, 9.17) is 0 Å². The molecule has 16 heavy (non-hydrogen) atoms. The highest BCUT2D eigenvalue weighted by molar-refractivity contribution is 4.99. The lowest BCUT2D eigenvalue weighted by atomic mass is 9.89. The van der Waals surface area contributed by atoms with Crippen molar-refractivity contribution in [1.82, 2.24) is 19.7 Å². The second-order valence-electron chi connectivity index (χ2n) is 4.84. The lowest BCUT2D eigenvalue weighted by Gasteiger charge is -2.46. The van der Waals surface area contributed by atoms with Crippen molar-refractivity contribution in [2.45, 2.75) is 38.8 Å². The van der Waals surface area contributed by atoms with Crippen molar-refractivity contribution in [3.8, 4) is 0 Å². The zero-order chi connectivity index (χ0) is 11.8. The van der Waals surface area contributed by atoms with Gasteiger partial charge < -0.3 is 9.67 Å². The highest BCUT2D eigenvalue weighted by atomic mass is 16.3. The fourth-order valence-electron chi connectivity index (χ4n) is 2.31. The summed E-state index contributed by atoms with van der Waals surface area (Å²) in [5.41, 5.74) is -0.456. The molecule has 0 amide bonds. The zero-order valence-corrected chi connectivity index (χ0v) is 10.3. The van der Waals surface area contributed by atoms with Crippen molar-refractivity contribution in [3.63, 3.8) is 0 Å². The molecule has 1 saturated heterocycles. The number of aliphatic hydroxyl groups is 1. The predicted octanol–water partition coefficient (Wildman–Crippen LogP) is 0.470. The quantitative estimate of drug-likeness (QED) is 0.808. The first-order valence-corrected chi connectivity index (χ1v) is 5.84. The number of rotatable bonds is 4. The topological polar surface area (TPSA) is 54.2 Å². The third-order valence-corrected chi connectivity index (χ3v) is 3.30. The molecule has 0 aromatic carbocycles. The van der Waals surface area contributed by atoms with E-state index in [-0.39, 0.29) is 0 Å². The van der Waals surface area contributed by atoms with Crippen molar-refractivity contribution in [1.29, 1.82) is 0 Å². The van der Waals surface area contributed by atoms with Gasteiger partial charge in [0.1, 0.15) is 11.6 Å². The Kier molecular flexibility index (Phi) is 2.99. The molecule has 1 aliphatic heterocycles. The Hall–Kier alpha value is -0.940. The fraction of sp³-hybridized carbons (Fsp3) is 0.818. The maximum atomic E-state index is 10.0. The van der Waals surface area contributed by atoms with Gasteiger partial charge in [0, 0.05) is 20.1 Å². The van der Waals surface area contributed by atoms with Gasteiger partial charge >= 0.3 is 0 Å². The summed E-state index contributed by atoms with van der Waals surface area (Å²) in [7, 11) is 1.97. The molecule has 5 heteroatoms. The third kappa shape index (κ3) is 2.10. The Bertz CT molecular complexity index is 368. The monoisotopic (exact) mass is 224 g/mol. The van der Waals surface area contributed by atoms with Crippen LogP contribution in [0.1, 0.15) is 31.4 Å². The average molecular weight is 224 g/mol. The molecular formula is C11H20N4O. The van der Waals surface area contributed by atoms with Crippen LogP contribution in [0.3, 0.4) is 0 Å². The number of nitrogens with zero attached hydrogens (tertiary/aromatic N) is 4. The van der Waals surface area contributed by atoms with Crippen LogP contribution in [0.4, 0.5) is 0 Å². The van der Waals surface area contributed by atoms with E-state index in [2.05, 4.69) is 22.0 Å². The lowest BCUT2D eigenvalue weighted by Crippen LogP contribution is -2.61. The van der Waals surface area contributed by atoms with Gasteiger partial charge in [-0.2, -0.15) is 0 Å². The van der Waals surface area contributed by atoms with E-state index in [0.717, 1.165) is 44.1 Å². The normalized spacial score (nSPS) is 19.8. The summed E-state index contributed by atoms with van der Waals surface area (Å²) < 4.78 is 2.00. The van der Waals surface area contributed by atoms with Crippen molar-refractivity contribution in [2.75, 3.05) is 13.1 Å². The molecule has 0 atom stereocenters. The van der Waals surface area contributed by atoms with Gasteiger partial charge in [-0.15, -0.1) is 10.2 Å². The minimum Gasteiger partial charge on any atom is -0.387 e. The average Bonchev–Trinajstić information content (AvgIpc) is 2.48. The van der Waals surface area contributed by atoms with Gasteiger partial charge in [0.05, 0.1) is 12.1 Å². The Labute approximate surface area is 96.1 Å². The highest BCUT2D eigenvalue weighted by Gasteiger charge is 2.40. The second kappa shape index (κ2) is 4.14. The number of likely N-dealkylation sites (tertiary alicyclic amines) is 1. The summed E-state index contributed by atoms with van der Waals surface area (Å²) in [5, 5.41) is 18.2. The number of hydrogen-bond donors (Lipinski definition) is 1. The molecule has 0 aliphatic carbocycles. The van der Waals surface area contributed by atoms with Gasteiger partial charge in [-0.3, -0.25) is 4.90 Å². The molecule has 2 heterocycles. The SMILES string of the molecule is CCCC1(O)CN(Cc2nnc(C)n2C)C1. The van der Waals surface area contributed by atoms with Crippen LogP contribution in [0.2, 0.25) is 0 Å². The van der Waals surface area contributed by atoms with Crippen LogP contribution in [-0.2, 0) is 13.6 Å². The molecule has 0 spiro atoms. The van der Waals surface area contributed by atoms with Crippen LogP contribution in [0.25, 0.3) is 0 Å². The maximum absolute atomic E-state index is 10.0. The van der Waals surface area contributed by atoms with Crippen molar-refractivity contribution >= 4 is 0 Å². The first-order valence-electron chi connectivity index (χ1n) is 5.84. The van der Waals surface area contributed by atoms with E-state index in [0.29, 0.717) is 0 Å². The smallest absolute Gasteiger partial charge is 0.146 e. The van der Waals surface area contributed by atoms with Crippen LogP contribution >= 0.6 is 0 Å². The molecule has 1 N–H and O–H groups in total. The molecule has 2 rings (SSSR count). The number of aryl methyl sites for hydroxylation is 1. The number of β-amino-alcohol motifs (C(OH)–C–C–N with tert-alkyl or cyclic N) is 1. The van der Waals surface area contributed by atoms with E-state index in [9.17, 15) is 5.11 Å². The minimum atomic E-state index is -0.456. The van der Waals surface area contributed by atoms with Crippen molar-refractivity contribution in [2.24, 2.45) is 7.05 Å². The van der Waals surface area contributed by atoms with E-state index in [1.807, 2.05) is 18.5 Å². The molecule has 1 aliphatic rings. The Morgan fingerprint density at radius 3 is 2.56 bits per heavy atom. The molecule has 0 bridgehead atoms. The predicted molar refractivity (Wildman–Crippen MR) is 60.9 cm³/mol. The van der Waals surface area contributed by atoms with Gasteiger partial charge in [0.15, 0.2) is 0 Å². The van der Waals surface area contributed by atoms with E-state index in [1.165, 1.54) is 0 Å². The summed E-state index contributed by atoms with van der Waals surface area (Å²) in [6.45, 7) is 6.34. The van der Waals surface area contributed by atoms with Crippen LogP contribution in [0, 0.1) is 6.92 Å². The Balaban J connectivity index is 1.88. The van der Waals surface area contributed by atoms with Crippen molar-refractivity contribution < 1.29 is 5.11 Å². The van der Waals surface area contributed by atoms with Gasteiger partial charge in [0.25, 0.3) is 0 Å². The first kappa shape index (κ1) is 11.5. The maximum Gasteiger partial charge on any atom is 0.146 e. The molecule has 0 radical (unpaired) electrons. The molecular weight excluding hydrogens is 204 g/mol. The Morgan fingerprint density at radius 2 is 2.06 bits per heavy atom. The summed E-state index contributed by atoms with van der Waals surface area (Å²) in [5.74, 6) is 1.90. The Morgan fingerprint density at radius 1 is 1.38 bits per heavy atom. The molecule has 0 saturated carbocycles. The van der Waals surface area contributed by atoms with Crippen LogP contribution in [-0.4, -0.2) is 43.5 Å². The summed E-state index contributed by atoms with van der Waals surface area (Å²) in [6.07, 6.45) is 1.93. The zero-order valence-electron chi connectivity index (χ0n) is 10.3. The molecule has 1 fully saturated rings. The first-order chi connectivity index (χ1) is 7.54. The van der Waals surface area contributed by atoms with Crippen LogP contribution in [0.15, 0.2) is 0 Å².